The van der Waals surface area contributed by atoms with Crippen molar-refractivity contribution in [1.82, 2.24) is 0 Å². The smallest absolute Gasteiger partial charge is 0.347 e. The second kappa shape index (κ2) is 7.92. The molecule has 3 rings (SSSR count). The van der Waals surface area contributed by atoms with Gasteiger partial charge in [0, 0.05) is 12.1 Å². The Balaban J connectivity index is 1.78. The fourth-order valence-electron chi connectivity index (χ4n) is 2.25. The van der Waals surface area contributed by atoms with Crippen LogP contribution >= 0.6 is 0 Å². The molecule has 134 valence electrons. The molecule has 0 spiro atoms. The molecule has 3 aromatic carbocycles. The van der Waals surface area contributed by atoms with Crippen molar-refractivity contribution in [2.45, 2.75) is 0 Å². The molecule has 0 fully saturated rings. The summed E-state index contributed by atoms with van der Waals surface area (Å²) in [5.74, 6) is -1.03. The first-order valence-corrected chi connectivity index (χ1v) is 7.87. The zero-order valence-corrected chi connectivity index (χ0v) is 13.9. The lowest BCUT2D eigenvalue weighted by Crippen LogP contribution is -2.14. The lowest BCUT2D eigenvalue weighted by Gasteiger charge is -2.10. The van der Waals surface area contributed by atoms with Crippen LogP contribution in [0.15, 0.2) is 78.9 Å². The zero-order chi connectivity index (χ0) is 19.2. The highest BCUT2D eigenvalue weighted by molar-refractivity contribution is 5.97. The Kier molecular flexibility index (Phi) is 5.22. The highest BCUT2D eigenvalue weighted by Gasteiger charge is 2.18. The first-order valence-electron chi connectivity index (χ1n) is 7.87. The van der Waals surface area contributed by atoms with E-state index in [1.807, 2.05) is 0 Å². The van der Waals surface area contributed by atoms with Crippen molar-refractivity contribution < 1.29 is 24.0 Å². The molecule has 0 heterocycles. The van der Waals surface area contributed by atoms with E-state index in [1.54, 1.807) is 42.5 Å². The Morgan fingerprint density at radius 2 is 1.37 bits per heavy atom. The van der Waals surface area contributed by atoms with E-state index in [4.69, 9.17) is 9.47 Å². The van der Waals surface area contributed by atoms with Crippen LogP contribution in [0.1, 0.15) is 20.7 Å². The number of hydrogen-bond acceptors (Lipinski definition) is 6. The van der Waals surface area contributed by atoms with E-state index in [9.17, 15) is 19.7 Å². The van der Waals surface area contributed by atoms with Gasteiger partial charge in [-0.1, -0.05) is 30.3 Å². The number of para-hydroxylation sites is 2. The first kappa shape index (κ1) is 17.8. The van der Waals surface area contributed by atoms with E-state index in [1.165, 1.54) is 36.4 Å². The number of carbonyl (C=O) groups is 2. The zero-order valence-electron chi connectivity index (χ0n) is 13.9. The van der Waals surface area contributed by atoms with Gasteiger partial charge in [-0.3, -0.25) is 10.1 Å². The van der Waals surface area contributed by atoms with Crippen LogP contribution < -0.4 is 9.47 Å². The third-order valence-electron chi connectivity index (χ3n) is 3.58. The minimum absolute atomic E-state index is 0.0294. The molecule has 0 aliphatic carbocycles. The number of non-ortho nitro benzene ring substituents is 1. The van der Waals surface area contributed by atoms with E-state index in [0.29, 0.717) is 5.75 Å². The topological polar surface area (TPSA) is 95.7 Å². The molecule has 0 amide bonds. The molecule has 0 aromatic heterocycles. The molecule has 7 nitrogen and oxygen atoms in total. The third-order valence-corrected chi connectivity index (χ3v) is 3.58. The monoisotopic (exact) mass is 363 g/mol. The summed E-state index contributed by atoms with van der Waals surface area (Å²) < 4.78 is 10.5. The summed E-state index contributed by atoms with van der Waals surface area (Å²) in [7, 11) is 0. The lowest BCUT2D eigenvalue weighted by atomic mass is 10.2. The molecule has 0 aliphatic heterocycles. The van der Waals surface area contributed by atoms with Crippen LogP contribution in [0, 0.1) is 10.1 Å². The normalized spacial score (nSPS) is 10.1. The molecular formula is C20H13NO6. The number of nitro benzene ring substituents is 1. The van der Waals surface area contributed by atoms with Crippen molar-refractivity contribution in [2.24, 2.45) is 0 Å². The van der Waals surface area contributed by atoms with E-state index in [-0.39, 0.29) is 22.6 Å². The number of esters is 2. The molecule has 3 aromatic rings. The van der Waals surface area contributed by atoms with Gasteiger partial charge < -0.3 is 9.47 Å². The van der Waals surface area contributed by atoms with Crippen LogP contribution in [0.25, 0.3) is 0 Å². The molecule has 0 saturated carbocycles. The van der Waals surface area contributed by atoms with Crippen molar-refractivity contribution >= 4 is 17.6 Å². The van der Waals surface area contributed by atoms with E-state index < -0.39 is 16.9 Å². The number of carbonyl (C=O) groups excluding carboxylic acids is 2. The average molecular weight is 363 g/mol. The summed E-state index contributed by atoms with van der Waals surface area (Å²) >= 11 is 0. The number of nitro groups is 1. The minimum atomic E-state index is -0.746. The summed E-state index contributed by atoms with van der Waals surface area (Å²) in [5.41, 5.74) is 0.0573. The van der Waals surface area contributed by atoms with Crippen molar-refractivity contribution in [3.63, 3.8) is 0 Å². The molecule has 0 aliphatic rings. The lowest BCUT2D eigenvalue weighted by molar-refractivity contribution is -0.384. The van der Waals surface area contributed by atoms with Crippen molar-refractivity contribution in [1.29, 1.82) is 0 Å². The van der Waals surface area contributed by atoms with Gasteiger partial charge in [0.2, 0.25) is 0 Å². The molecule has 0 radical (unpaired) electrons. The van der Waals surface area contributed by atoms with Crippen molar-refractivity contribution in [3.05, 3.63) is 100 Å². The second-order valence-corrected chi connectivity index (χ2v) is 5.39. The molecule has 0 N–H and O–H groups in total. The summed E-state index contributed by atoms with van der Waals surface area (Å²) in [6.07, 6.45) is 0. The SMILES string of the molecule is O=C(Oc1ccccc1C(=O)Oc1ccccc1)c1ccc([N+](=O)[O-])cc1. The Morgan fingerprint density at radius 3 is 2.04 bits per heavy atom. The quantitative estimate of drug-likeness (QED) is 0.294. The Bertz CT molecular complexity index is 983. The predicted molar refractivity (Wildman–Crippen MR) is 95.9 cm³/mol. The average Bonchev–Trinajstić information content (AvgIpc) is 2.69. The van der Waals surface area contributed by atoms with Crippen LogP contribution in [-0.4, -0.2) is 16.9 Å². The van der Waals surface area contributed by atoms with Gasteiger partial charge in [0.25, 0.3) is 5.69 Å². The number of hydrogen-bond donors (Lipinski definition) is 0. The predicted octanol–water partition coefficient (Wildman–Crippen LogP) is 4.03. The van der Waals surface area contributed by atoms with E-state index in [0.717, 1.165) is 0 Å². The van der Waals surface area contributed by atoms with Crippen LogP contribution in [0.3, 0.4) is 0 Å². The van der Waals surface area contributed by atoms with Crippen LogP contribution in [0.4, 0.5) is 5.69 Å². The van der Waals surface area contributed by atoms with Gasteiger partial charge in [-0.05, 0) is 36.4 Å². The largest absolute Gasteiger partial charge is 0.423 e. The van der Waals surface area contributed by atoms with Crippen LogP contribution in [0.5, 0.6) is 11.5 Å². The number of nitrogens with zero attached hydrogens (tertiary/aromatic N) is 1. The minimum Gasteiger partial charge on any atom is -0.423 e. The number of rotatable bonds is 5. The van der Waals surface area contributed by atoms with E-state index in [2.05, 4.69) is 0 Å². The van der Waals surface area contributed by atoms with Gasteiger partial charge in [0.05, 0.1) is 10.5 Å². The van der Waals surface area contributed by atoms with Crippen LogP contribution in [0.2, 0.25) is 0 Å². The highest BCUT2D eigenvalue weighted by atomic mass is 16.6. The van der Waals surface area contributed by atoms with Gasteiger partial charge in [-0.25, -0.2) is 9.59 Å². The second-order valence-electron chi connectivity index (χ2n) is 5.39. The van der Waals surface area contributed by atoms with Gasteiger partial charge >= 0.3 is 11.9 Å². The van der Waals surface area contributed by atoms with Crippen molar-refractivity contribution in [2.75, 3.05) is 0 Å². The van der Waals surface area contributed by atoms with Crippen LogP contribution in [-0.2, 0) is 0 Å². The molecule has 7 heteroatoms. The molecule has 0 bridgehead atoms. The molecule has 0 atom stereocenters. The fourth-order valence-corrected chi connectivity index (χ4v) is 2.25. The Morgan fingerprint density at radius 1 is 0.741 bits per heavy atom. The van der Waals surface area contributed by atoms with Crippen molar-refractivity contribution in [3.8, 4) is 11.5 Å². The third kappa shape index (κ3) is 4.35. The molecule has 0 unspecified atom stereocenters. The molecular weight excluding hydrogens is 350 g/mol. The van der Waals surface area contributed by atoms with Gasteiger partial charge in [0.1, 0.15) is 17.1 Å². The summed E-state index contributed by atoms with van der Waals surface area (Å²) in [4.78, 5) is 34.8. The van der Waals surface area contributed by atoms with Gasteiger partial charge in [0.15, 0.2) is 0 Å². The number of benzene rings is 3. The summed E-state index contributed by atoms with van der Waals surface area (Å²) in [6.45, 7) is 0. The maximum Gasteiger partial charge on any atom is 0.347 e. The highest BCUT2D eigenvalue weighted by Crippen LogP contribution is 2.22. The van der Waals surface area contributed by atoms with Gasteiger partial charge in [-0.15, -0.1) is 0 Å². The number of ether oxygens (including phenoxy) is 2. The summed E-state index contributed by atoms with van der Waals surface area (Å²) in [5, 5.41) is 10.7. The maximum atomic E-state index is 12.4. The summed E-state index contributed by atoms with van der Waals surface area (Å²) in [6, 6.07) is 19.6. The molecule has 27 heavy (non-hydrogen) atoms. The fraction of sp³-hybridized carbons (Fsp3) is 0. The Labute approximate surface area is 153 Å². The maximum absolute atomic E-state index is 12.4. The first-order chi connectivity index (χ1) is 13.0. The standard InChI is InChI=1S/C20H13NO6/c22-19(14-10-12-15(13-11-14)21(24)25)27-18-9-5-4-8-17(18)20(23)26-16-6-2-1-3-7-16/h1-13H. The Hall–Kier alpha value is -4.00. The molecule has 0 saturated heterocycles. The van der Waals surface area contributed by atoms with E-state index >= 15 is 0 Å². The van der Waals surface area contributed by atoms with Gasteiger partial charge in [-0.2, -0.15) is 0 Å².